The summed E-state index contributed by atoms with van der Waals surface area (Å²) < 4.78 is 39.1. The third-order valence-electron chi connectivity index (χ3n) is 6.56. The monoisotopic (exact) mass is 521 g/mol. The van der Waals surface area contributed by atoms with Gasteiger partial charge in [-0.15, -0.1) is 0 Å². The Balaban J connectivity index is 2.00. The van der Waals surface area contributed by atoms with Gasteiger partial charge in [0.2, 0.25) is 0 Å². The molecule has 38 heavy (non-hydrogen) atoms. The van der Waals surface area contributed by atoms with Crippen LogP contribution in [0, 0.1) is 18.6 Å². The molecule has 0 spiro atoms. The van der Waals surface area contributed by atoms with Gasteiger partial charge in [0.1, 0.15) is 17.3 Å². The fourth-order valence-electron chi connectivity index (χ4n) is 4.72. The lowest BCUT2D eigenvalue weighted by molar-refractivity contribution is -0.132. The molecule has 1 aliphatic heterocycles. The van der Waals surface area contributed by atoms with Gasteiger partial charge in [0.15, 0.2) is 11.6 Å². The predicted octanol–water partition coefficient (Wildman–Crippen LogP) is 6.43. The maximum absolute atomic E-state index is 14.2. The summed E-state index contributed by atoms with van der Waals surface area (Å²) in [5, 5.41) is 11.6. The number of nitrogens with zero attached hydrogens (tertiary/aromatic N) is 1. The third-order valence-corrected chi connectivity index (χ3v) is 6.56. The van der Waals surface area contributed by atoms with Gasteiger partial charge in [-0.05, 0) is 72.9 Å². The van der Waals surface area contributed by atoms with E-state index >= 15 is 0 Å². The molecule has 4 rings (SSSR count). The SMILES string of the molecule is CCOc1cccc(C2/C(=C(\O)c3cc(C(C)C)c(OC)cc3C)C(=O)C(=O)N2c2ccc(F)c(F)c2)c1. The van der Waals surface area contributed by atoms with Crippen molar-refractivity contribution in [3.63, 3.8) is 0 Å². The molecule has 0 aromatic heterocycles. The summed E-state index contributed by atoms with van der Waals surface area (Å²) in [6, 6.07) is 12.1. The van der Waals surface area contributed by atoms with E-state index in [0.29, 0.717) is 34.8 Å². The fourth-order valence-corrected chi connectivity index (χ4v) is 4.72. The van der Waals surface area contributed by atoms with Crippen molar-refractivity contribution in [1.29, 1.82) is 0 Å². The Morgan fingerprint density at radius 3 is 2.42 bits per heavy atom. The second-order valence-corrected chi connectivity index (χ2v) is 9.34. The summed E-state index contributed by atoms with van der Waals surface area (Å²) in [6.45, 7) is 7.91. The van der Waals surface area contributed by atoms with Crippen molar-refractivity contribution in [1.82, 2.24) is 0 Å². The van der Waals surface area contributed by atoms with Crippen LogP contribution in [0.15, 0.2) is 60.2 Å². The highest BCUT2D eigenvalue weighted by Gasteiger charge is 2.47. The highest BCUT2D eigenvalue weighted by molar-refractivity contribution is 6.51. The Hall–Kier alpha value is -4.20. The zero-order chi connectivity index (χ0) is 27.7. The lowest BCUT2D eigenvalue weighted by Gasteiger charge is -2.26. The minimum Gasteiger partial charge on any atom is -0.507 e. The smallest absolute Gasteiger partial charge is 0.300 e. The first-order valence-corrected chi connectivity index (χ1v) is 12.3. The topological polar surface area (TPSA) is 76.1 Å². The van der Waals surface area contributed by atoms with Crippen LogP contribution < -0.4 is 14.4 Å². The third kappa shape index (κ3) is 4.74. The van der Waals surface area contributed by atoms with Crippen LogP contribution in [-0.2, 0) is 9.59 Å². The summed E-state index contributed by atoms with van der Waals surface area (Å²) in [5.74, 6) is -3.38. The standard InChI is InChI=1S/C30H29F2NO5/c1-6-38-20-9-7-8-18(13-20)27-26(28(34)22-15-21(16(2)3)25(37-5)12-17(22)4)29(35)30(36)33(27)19-10-11-23(31)24(32)14-19/h7-16,27,34H,6H2,1-5H3/b28-26+. The van der Waals surface area contributed by atoms with E-state index in [0.717, 1.165) is 22.6 Å². The zero-order valence-corrected chi connectivity index (χ0v) is 21.8. The van der Waals surface area contributed by atoms with Crippen LogP contribution in [0.25, 0.3) is 5.76 Å². The lowest BCUT2D eigenvalue weighted by Crippen LogP contribution is -2.29. The van der Waals surface area contributed by atoms with E-state index < -0.39 is 29.4 Å². The molecule has 1 aliphatic rings. The number of carbonyl (C=O) groups excluding carboxylic acids is 2. The van der Waals surface area contributed by atoms with Crippen LogP contribution >= 0.6 is 0 Å². The number of ketones is 1. The fraction of sp³-hybridized carbons (Fsp3) is 0.267. The number of ether oxygens (including phenoxy) is 2. The maximum atomic E-state index is 14.2. The maximum Gasteiger partial charge on any atom is 0.300 e. The molecular weight excluding hydrogens is 492 g/mol. The molecule has 1 amide bonds. The van der Waals surface area contributed by atoms with Crippen molar-refractivity contribution in [3.8, 4) is 11.5 Å². The summed E-state index contributed by atoms with van der Waals surface area (Å²) >= 11 is 0. The lowest BCUT2D eigenvalue weighted by atomic mass is 9.91. The number of methoxy groups -OCH3 is 1. The minimum absolute atomic E-state index is 0.0221. The van der Waals surface area contributed by atoms with E-state index in [2.05, 4.69) is 0 Å². The van der Waals surface area contributed by atoms with Gasteiger partial charge < -0.3 is 14.6 Å². The highest BCUT2D eigenvalue weighted by atomic mass is 19.2. The van der Waals surface area contributed by atoms with Crippen LogP contribution in [0.1, 0.15) is 55.0 Å². The van der Waals surface area contributed by atoms with E-state index in [9.17, 15) is 23.5 Å². The molecular formula is C30H29F2NO5. The van der Waals surface area contributed by atoms with Crippen molar-refractivity contribution in [2.24, 2.45) is 0 Å². The molecule has 8 heteroatoms. The van der Waals surface area contributed by atoms with Crippen molar-refractivity contribution in [2.75, 3.05) is 18.6 Å². The van der Waals surface area contributed by atoms with E-state index in [1.807, 2.05) is 20.8 Å². The second kappa shape index (κ2) is 10.7. The number of hydrogen-bond donors (Lipinski definition) is 1. The second-order valence-electron chi connectivity index (χ2n) is 9.34. The Bertz CT molecular complexity index is 1450. The van der Waals surface area contributed by atoms with Crippen LogP contribution in [0.5, 0.6) is 11.5 Å². The number of rotatable bonds is 7. The molecule has 0 radical (unpaired) electrons. The first-order valence-electron chi connectivity index (χ1n) is 12.3. The molecule has 0 bridgehead atoms. The number of benzene rings is 3. The minimum atomic E-state index is -1.17. The van der Waals surface area contributed by atoms with Crippen molar-refractivity contribution in [3.05, 3.63) is 94.1 Å². The molecule has 0 saturated carbocycles. The average molecular weight is 522 g/mol. The van der Waals surface area contributed by atoms with Crippen molar-refractivity contribution in [2.45, 2.75) is 39.7 Å². The largest absolute Gasteiger partial charge is 0.507 e. The number of halogens is 2. The van der Waals surface area contributed by atoms with E-state index in [1.165, 1.54) is 6.07 Å². The average Bonchev–Trinajstić information content (AvgIpc) is 3.15. The van der Waals surface area contributed by atoms with Gasteiger partial charge in [0, 0.05) is 17.3 Å². The number of amides is 1. The van der Waals surface area contributed by atoms with Gasteiger partial charge in [-0.3, -0.25) is 14.5 Å². The Kier molecular flexibility index (Phi) is 7.53. The summed E-state index contributed by atoms with van der Waals surface area (Å²) in [7, 11) is 1.55. The van der Waals surface area contributed by atoms with Crippen LogP contribution in [-0.4, -0.2) is 30.5 Å². The number of carbonyl (C=O) groups is 2. The number of aliphatic hydroxyl groups is 1. The molecule has 1 heterocycles. The highest BCUT2D eigenvalue weighted by Crippen LogP contribution is 2.44. The van der Waals surface area contributed by atoms with Gasteiger partial charge in [0.25, 0.3) is 11.7 Å². The Labute approximate surface area is 220 Å². The molecule has 1 saturated heterocycles. The summed E-state index contributed by atoms with van der Waals surface area (Å²) in [4.78, 5) is 27.9. The molecule has 6 nitrogen and oxygen atoms in total. The number of hydrogen-bond acceptors (Lipinski definition) is 5. The number of aliphatic hydroxyl groups excluding tert-OH is 1. The molecule has 1 unspecified atom stereocenters. The van der Waals surface area contributed by atoms with E-state index in [4.69, 9.17) is 9.47 Å². The normalized spacial score (nSPS) is 16.8. The summed E-state index contributed by atoms with van der Waals surface area (Å²) in [5.41, 5.74) is 2.07. The van der Waals surface area contributed by atoms with Gasteiger partial charge in [-0.1, -0.05) is 26.0 Å². The van der Waals surface area contributed by atoms with Crippen molar-refractivity contribution >= 4 is 23.1 Å². The molecule has 1 fully saturated rings. The van der Waals surface area contributed by atoms with Crippen LogP contribution in [0.3, 0.4) is 0 Å². The van der Waals surface area contributed by atoms with Gasteiger partial charge in [0.05, 0.1) is 25.3 Å². The molecule has 1 atom stereocenters. The first-order chi connectivity index (χ1) is 18.1. The number of Topliss-reactive ketones (excluding diaryl/α,β-unsaturated/α-hetero) is 1. The zero-order valence-electron chi connectivity index (χ0n) is 21.8. The van der Waals surface area contributed by atoms with Crippen LogP contribution in [0.2, 0.25) is 0 Å². The van der Waals surface area contributed by atoms with Gasteiger partial charge in [-0.25, -0.2) is 8.78 Å². The molecule has 198 valence electrons. The first kappa shape index (κ1) is 26.9. The Morgan fingerprint density at radius 1 is 1.05 bits per heavy atom. The molecule has 0 aliphatic carbocycles. The predicted molar refractivity (Wildman–Crippen MR) is 141 cm³/mol. The Morgan fingerprint density at radius 2 is 1.79 bits per heavy atom. The molecule has 3 aromatic rings. The molecule has 3 aromatic carbocycles. The quantitative estimate of drug-likeness (QED) is 0.220. The summed E-state index contributed by atoms with van der Waals surface area (Å²) in [6.07, 6.45) is 0. The van der Waals surface area contributed by atoms with Gasteiger partial charge >= 0.3 is 0 Å². The van der Waals surface area contributed by atoms with Gasteiger partial charge in [-0.2, -0.15) is 0 Å². The number of anilines is 1. The van der Waals surface area contributed by atoms with Crippen LogP contribution in [0.4, 0.5) is 14.5 Å². The van der Waals surface area contributed by atoms with E-state index in [1.54, 1.807) is 50.4 Å². The molecule has 1 N–H and O–H groups in total. The van der Waals surface area contributed by atoms with Crippen molar-refractivity contribution < 1.29 is 33.0 Å². The van der Waals surface area contributed by atoms with E-state index in [-0.39, 0.29) is 22.9 Å². The number of aryl methyl sites for hydroxylation is 1.